The van der Waals surface area contributed by atoms with Crippen LogP contribution in [0.3, 0.4) is 0 Å². The third-order valence-electron chi connectivity index (χ3n) is 4.17. The lowest BCUT2D eigenvalue weighted by Gasteiger charge is -2.19. The highest BCUT2D eigenvalue weighted by molar-refractivity contribution is 7.99. The van der Waals surface area contributed by atoms with E-state index in [4.69, 9.17) is 0 Å². The molecule has 0 aliphatic rings. The third kappa shape index (κ3) is 5.89. The molecule has 0 spiro atoms. The molecule has 0 fully saturated rings. The van der Waals surface area contributed by atoms with Gasteiger partial charge < -0.3 is 5.11 Å². The number of aliphatic hydroxyl groups excluding tert-OH is 1. The average molecular weight is 410 g/mol. The van der Waals surface area contributed by atoms with Gasteiger partial charge in [0.25, 0.3) is 0 Å². The summed E-state index contributed by atoms with van der Waals surface area (Å²) in [6.07, 6.45) is 0. The topological polar surface area (TPSA) is 32.3 Å². The molecule has 0 radical (unpaired) electrons. The number of benzene rings is 3. The molecule has 3 rings (SSSR count). The second-order valence-electron chi connectivity index (χ2n) is 7.59. The number of rotatable bonds is 7. The summed E-state index contributed by atoms with van der Waals surface area (Å²) in [4.78, 5) is 2.31. The maximum atomic E-state index is 9.66. The molecule has 0 unspecified atom stereocenters. The normalized spacial score (nSPS) is 11.6. The molecule has 0 atom stereocenters. The Morgan fingerprint density at radius 1 is 0.786 bits per heavy atom. The summed E-state index contributed by atoms with van der Waals surface area (Å²) in [7, 11) is 0. The van der Waals surface area contributed by atoms with Gasteiger partial charge >= 0.3 is 0 Å². The predicted octanol–water partition coefficient (Wildman–Crippen LogP) is 6.53. The van der Waals surface area contributed by atoms with Crippen LogP contribution in [-0.2, 0) is 13.2 Å². The van der Waals surface area contributed by atoms with Gasteiger partial charge in [-0.1, -0.05) is 78.3 Å². The van der Waals surface area contributed by atoms with Crippen molar-refractivity contribution in [3.05, 3.63) is 83.9 Å². The molecule has 0 aromatic heterocycles. The van der Waals surface area contributed by atoms with Crippen molar-refractivity contribution in [1.82, 2.24) is 4.72 Å². The minimum Gasteiger partial charge on any atom is -0.392 e. The van der Waals surface area contributed by atoms with Crippen molar-refractivity contribution >= 4 is 23.7 Å². The molecule has 3 aromatic rings. The molecule has 0 aliphatic carbocycles. The fourth-order valence-electron chi connectivity index (χ4n) is 2.81. The zero-order valence-corrected chi connectivity index (χ0v) is 18.2. The fraction of sp³-hybridized carbons (Fsp3) is 0.250. The molecule has 0 saturated carbocycles. The van der Waals surface area contributed by atoms with Gasteiger partial charge in [0.15, 0.2) is 0 Å². The zero-order valence-electron chi connectivity index (χ0n) is 16.6. The first-order chi connectivity index (χ1) is 13.5. The van der Waals surface area contributed by atoms with Gasteiger partial charge in [0.1, 0.15) is 0 Å². The number of nitrogens with one attached hydrogen (secondary N) is 1. The first-order valence-corrected chi connectivity index (χ1v) is 11.1. The van der Waals surface area contributed by atoms with E-state index in [2.05, 4.69) is 74.0 Å². The molecule has 146 valence electrons. The van der Waals surface area contributed by atoms with Gasteiger partial charge in [-0.05, 0) is 61.2 Å². The van der Waals surface area contributed by atoms with E-state index >= 15 is 0 Å². The summed E-state index contributed by atoms with van der Waals surface area (Å²) in [6.45, 7) is 7.46. The summed E-state index contributed by atoms with van der Waals surface area (Å²) in [5, 5.41) is 9.66. The summed E-state index contributed by atoms with van der Waals surface area (Å²) in [5.41, 5.74) is 4.66. The summed E-state index contributed by atoms with van der Waals surface area (Å²) >= 11 is 3.47. The molecule has 0 amide bonds. The molecule has 28 heavy (non-hydrogen) atoms. The Kier molecular flexibility index (Phi) is 7.24. The molecule has 0 aliphatic heterocycles. The Balaban J connectivity index is 1.91. The highest BCUT2D eigenvalue weighted by Gasteiger charge is 2.13. The second kappa shape index (κ2) is 9.66. The van der Waals surface area contributed by atoms with Crippen LogP contribution in [0.15, 0.2) is 82.6 Å². The molecule has 2 nitrogen and oxygen atoms in total. The smallest absolute Gasteiger partial charge is 0.0692 e. The van der Waals surface area contributed by atoms with E-state index in [1.54, 1.807) is 23.7 Å². The van der Waals surface area contributed by atoms with Gasteiger partial charge in [-0.2, -0.15) is 0 Å². The van der Waals surface area contributed by atoms with Crippen molar-refractivity contribution in [3.63, 3.8) is 0 Å². The van der Waals surface area contributed by atoms with E-state index in [-0.39, 0.29) is 11.4 Å². The van der Waals surface area contributed by atoms with Gasteiger partial charge in [0.05, 0.1) is 6.61 Å². The Bertz CT molecular complexity index is 904. The Morgan fingerprint density at radius 3 is 2.18 bits per heavy atom. The monoisotopic (exact) mass is 409 g/mol. The fourth-order valence-corrected chi connectivity index (χ4v) is 4.52. The molecule has 2 N–H and O–H groups in total. The van der Waals surface area contributed by atoms with Crippen LogP contribution in [0.25, 0.3) is 11.1 Å². The maximum absolute atomic E-state index is 9.66. The van der Waals surface area contributed by atoms with Crippen molar-refractivity contribution in [2.24, 2.45) is 0 Å². The minimum atomic E-state index is 0.0543. The molecular weight excluding hydrogens is 382 g/mol. The summed E-state index contributed by atoms with van der Waals surface area (Å²) in [5.74, 6) is 0. The van der Waals surface area contributed by atoms with E-state index in [0.29, 0.717) is 0 Å². The van der Waals surface area contributed by atoms with Crippen LogP contribution in [0.2, 0.25) is 0 Å². The Morgan fingerprint density at radius 2 is 1.46 bits per heavy atom. The van der Waals surface area contributed by atoms with E-state index in [0.717, 1.165) is 17.0 Å². The van der Waals surface area contributed by atoms with Gasteiger partial charge in [0.2, 0.25) is 0 Å². The molecular formula is C24H27NOS2. The van der Waals surface area contributed by atoms with Crippen molar-refractivity contribution in [2.75, 3.05) is 0 Å². The van der Waals surface area contributed by atoms with Gasteiger partial charge in [-0.3, -0.25) is 4.72 Å². The van der Waals surface area contributed by atoms with Crippen LogP contribution < -0.4 is 4.72 Å². The lowest BCUT2D eigenvalue weighted by Crippen LogP contribution is -2.17. The van der Waals surface area contributed by atoms with Crippen LogP contribution in [-0.4, -0.2) is 9.85 Å². The van der Waals surface area contributed by atoms with Crippen LogP contribution in [0.5, 0.6) is 0 Å². The summed E-state index contributed by atoms with van der Waals surface area (Å²) in [6, 6.07) is 25.2. The van der Waals surface area contributed by atoms with Gasteiger partial charge in [-0.15, -0.1) is 0 Å². The van der Waals surface area contributed by atoms with Crippen molar-refractivity contribution in [1.29, 1.82) is 0 Å². The lowest BCUT2D eigenvalue weighted by atomic mass is 10.0. The zero-order chi connectivity index (χ0) is 20.0. The highest BCUT2D eigenvalue weighted by Crippen LogP contribution is 2.35. The molecule has 4 heteroatoms. The maximum Gasteiger partial charge on any atom is 0.0692 e. The predicted molar refractivity (Wildman–Crippen MR) is 123 cm³/mol. The van der Waals surface area contributed by atoms with Crippen molar-refractivity contribution < 1.29 is 5.11 Å². The number of hydrogen-bond acceptors (Lipinski definition) is 4. The van der Waals surface area contributed by atoms with Crippen molar-refractivity contribution in [3.8, 4) is 11.1 Å². The van der Waals surface area contributed by atoms with E-state index in [9.17, 15) is 5.11 Å². The largest absolute Gasteiger partial charge is 0.392 e. The Hall–Kier alpha value is -1.72. The van der Waals surface area contributed by atoms with Crippen LogP contribution in [0.4, 0.5) is 0 Å². The number of aliphatic hydroxyl groups is 1. The van der Waals surface area contributed by atoms with Gasteiger partial charge in [0, 0.05) is 21.1 Å². The molecule has 0 bridgehead atoms. The van der Waals surface area contributed by atoms with E-state index in [1.165, 1.54) is 21.6 Å². The third-order valence-corrected chi connectivity index (χ3v) is 6.31. The summed E-state index contributed by atoms with van der Waals surface area (Å²) < 4.78 is 3.69. The van der Waals surface area contributed by atoms with Crippen molar-refractivity contribution in [2.45, 2.75) is 48.5 Å². The first-order valence-electron chi connectivity index (χ1n) is 9.42. The standard InChI is InChI=1S/C24H27NOS2/c1-24(2,3)28-25-16-21-15-19(18-9-5-4-6-10-18)13-14-23(21)27-22-12-8-7-11-20(22)17-26/h4-15,25-26H,16-17H2,1-3H3. The molecule has 3 aromatic carbocycles. The molecule has 0 heterocycles. The lowest BCUT2D eigenvalue weighted by molar-refractivity contribution is 0.279. The quantitative estimate of drug-likeness (QED) is 0.434. The number of hydrogen-bond donors (Lipinski definition) is 2. The SMILES string of the molecule is CC(C)(C)SNCc1cc(-c2ccccc2)ccc1Sc1ccccc1CO. The van der Waals surface area contributed by atoms with E-state index in [1.807, 2.05) is 24.3 Å². The Labute approximate surface area is 176 Å². The van der Waals surface area contributed by atoms with Crippen LogP contribution in [0.1, 0.15) is 31.9 Å². The van der Waals surface area contributed by atoms with Gasteiger partial charge in [-0.25, -0.2) is 0 Å². The first kappa shape index (κ1) is 21.0. The van der Waals surface area contributed by atoms with E-state index < -0.39 is 0 Å². The molecule has 0 saturated heterocycles. The average Bonchev–Trinajstić information content (AvgIpc) is 2.69. The second-order valence-corrected chi connectivity index (χ2v) is 10.4. The minimum absolute atomic E-state index is 0.0543. The van der Waals surface area contributed by atoms with Crippen LogP contribution >= 0.6 is 23.7 Å². The highest BCUT2D eigenvalue weighted by atomic mass is 32.2. The van der Waals surface area contributed by atoms with Crippen LogP contribution in [0, 0.1) is 0 Å².